The number of amidine groups is 2. The van der Waals surface area contributed by atoms with Gasteiger partial charge in [0.15, 0.2) is 5.84 Å². The minimum Gasteiger partial charge on any atom is -0.406 e. The Morgan fingerprint density at radius 1 is 1.24 bits per heavy atom. The van der Waals surface area contributed by atoms with E-state index in [4.69, 9.17) is 5.41 Å². The van der Waals surface area contributed by atoms with Gasteiger partial charge in [-0.1, -0.05) is 13.3 Å². The molecule has 0 spiro atoms. The van der Waals surface area contributed by atoms with Gasteiger partial charge in [0.2, 0.25) is 0 Å². The van der Waals surface area contributed by atoms with E-state index >= 15 is 0 Å². The summed E-state index contributed by atoms with van der Waals surface area (Å²) in [5.41, 5.74) is 0.977. The average Bonchev–Trinajstić information content (AvgIpc) is 2.54. The molecule has 0 bridgehead atoms. The highest BCUT2D eigenvalue weighted by Crippen LogP contribution is 2.24. The predicted molar refractivity (Wildman–Crippen MR) is 91.4 cm³/mol. The quantitative estimate of drug-likeness (QED) is 0.682. The first kappa shape index (κ1) is 18.5. The van der Waals surface area contributed by atoms with Crippen LogP contribution in [-0.2, 0) is 0 Å². The van der Waals surface area contributed by atoms with E-state index in [1.165, 1.54) is 30.6 Å². The molecule has 3 N–H and O–H groups in total. The molecule has 0 unspecified atom stereocenters. The topological polar surface area (TPSA) is 81.9 Å². The van der Waals surface area contributed by atoms with Crippen LogP contribution in [-0.4, -0.2) is 30.9 Å². The number of aliphatic imine (C=N–C) groups is 2. The van der Waals surface area contributed by atoms with E-state index in [9.17, 15) is 13.2 Å². The Hall–Kier alpha value is -2.84. The molecule has 2 rings (SSSR count). The smallest absolute Gasteiger partial charge is 0.406 e. The van der Waals surface area contributed by atoms with Crippen LogP contribution in [0.1, 0.15) is 19.8 Å². The lowest BCUT2D eigenvalue weighted by Crippen LogP contribution is -2.25. The molecule has 6 nitrogen and oxygen atoms in total. The van der Waals surface area contributed by atoms with Crippen LogP contribution in [0.3, 0.4) is 0 Å². The fraction of sp³-hybridized carbons (Fsp3) is 0.312. The lowest BCUT2D eigenvalue weighted by atomic mass is 10.2. The summed E-state index contributed by atoms with van der Waals surface area (Å²) in [5, 5.41) is 13.9. The summed E-state index contributed by atoms with van der Waals surface area (Å²) < 4.78 is 40.3. The van der Waals surface area contributed by atoms with Crippen molar-refractivity contribution < 1.29 is 17.9 Å². The number of rotatable bonds is 6. The molecule has 1 aliphatic heterocycles. The zero-order valence-corrected chi connectivity index (χ0v) is 13.5. The van der Waals surface area contributed by atoms with Crippen molar-refractivity contribution in [3.63, 3.8) is 0 Å². The van der Waals surface area contributed by atoms with Crippen LogP contribution in [0.4, 0.5) is 18.9 Å². The Balaban J connectivity index is 2.07. The molecule has 1 aliphatic rings. The van der Waals surface area contributed by atoms with E-state index in [0.717, 1.165) is 19.4 Å². The lowest BCUT2D eigenvalue weighted by Gasteiger charge is -2.15. The van der Waals surface area contributed by atoms with Crippen molar-refractivity contribution in [1.29, 1.82) is 5.41 Å². The highest BCUT2D eigenvalue weighted by molar-refractivity contribution is 6.30. The summed E-state index contributed by atoms with van der Waals surface area (Å²) >= 11 is 0. The second-order valence-electron chi connectivity index (χ2n) is 5.13. The Kier molecular flexibility index (Phi) is 6.15. The third-order valence-corrected chi connectivity index (χ3v) is 3.16. The van der Waals surface area contributed by atoms with E-state index in [-0.39, 0.29) is 11.6 Å². The van der Waals surface area contributed by atoms with Gasteiger partial charge < -0.3 is 15.4 Å². The lowest BCUT2D eigenvalue weighted by molar-refractivity contribution is -0.274. The molecular weight excluding hydrogens is 335 g/mol. The molecule has 0 radical (unpaired) electrons. The monoisotopic (exact) mass is 353 g/mol. The van der Waals surface area contributed by atoms with Gasteiger partial charge in [-0.15, -0.1) is 13.2 Å². The molecule has 0 atom stereocenters. The Bertz CT molecular complexity index is 693. The number of alkyl halides is 3. The van der Waals surface area contributed by atoms with E-state index in [2.05, 4.69) is 32.3 Å². The van der Waals surface area contributed by atoms with Gasteiger partial charge in [0.05, 0.1) is 5.57 Å². The number of unbranched alkanes of at least 4 members (excludes halogenated alkanes) is 1. The van der Waals surface area contributed by atoms with Crippen LogP contribution >= 0.6 is 0 Å². The van der Waals surface area contributed by atoms with Crippen LogP contribution in [0.25, 0.3) is 0 Å². The van der Waals surface area contributed by atoms with Crippen LogP contribution in [0, 0.1) is 5.41 Å². The van der Waals surface area contributed by atoms with Gasteiger partial charge in [0, 0.05) is 18.4 Å². The van der Waals surface area contributed by atoms with Gasteiger partial charge in [0.1, 0.15) is 17.9 Å². The molecule has 0 fully saturated rings. The SMILES string of the molecule is CCCCN/C=C1\C(=N)N=CN=C1Nc1ccc(OC(F)(F)F)cc1. The Labute approximate surface area is 143 Å². The number of nitrogens with zero attached hydrogens (tertiary/aromatic N) is 2. The number of benzene rings is 1. The van der Waals surface area contributed by atoms with Gasteiger partial charge in [-0.05, 0) is 30.7 Å². The maximum absolute atomic E-state index is 12.2. The summed E-state index contributed by atoms with van der Waals surface area (Å²) in [5.74, 6) is 0.113. The van der Waals surface area contributed by atoms with Crippen molar-refractivity contribution in [3.05, 3.63) is 36.0 Å². The normalized spacial score (nSPS) is 15.9. The van der Waals surface area contributed by atoms with Gasteiger partial charge in [-0.25, -0.2) is 9.98 Å². The highest BCUT2D eigenvalue weighted by Gasteiger charge is 2.31. The minimum absolute atomic E-state index is 0.0403. The highest BCUT2D eigenvalue weighted by atomic mass is 19.4. The molecule has 25 heavy (non-hydrogen) atoms. The summed E-state index contributed by atoms with van der Waals surface area (Å²) in [6.07, 6.45) is 0.197. The third-order valence-electron chi connectivity index (χ3n) is 3.16. The summed E-state index contributed by atoms with van der Waals surface area (Å²) in [6.45, 7) is 2.83. The number of nitrogens with one attached hydrogen (secondary N) is 3. The van der Waals surface area contributed by atoms with Gasteiger partial charge >= 0.3 is 6.36 Å². The number of halogens is 3. The van der Waals surface area contributed by atoms with Crippen LogP contribution < -0.4 is 15.4 Å². The first-order valence-electron chi connectivity index (χ1n) is 7.65. The molecular formula is C16H18F3N5O. The van der Waals surface area contributed by atoms with Crippen LogP contribution in [0.2, 0.25) is 0 Å². The van der Waals surface area contributed by atoms with Gasteiger partial charge in [-0.3, -0.25) is 5.41 Å². The molecule has 1 heterocycles. The molecule has 0 aliphatic carbocycles. The van der Waals surface area contributed by atoms with E-state index in [1.807, 2.05) is 0 Å². The number of anilines is 1. The van der Waals surface area contributed by atoms with Gasteiger partial charge in [0.25, 0.3) is 0 Å². The van der Waals surface area contributed by atoms with Crippen LogP contribution in [0.5, 0.6) is 5.75 Å². The molecule has 0 saturated carbocycles. The summed E-state index contributed by atoms with van der Waals surface area (Å²) in [4.78, 5) is 7.92. The second-order valence-corrected chi connectivity index (χ2v) is 5.13. The maximum atomic E-state index is 12.2. The molecule has 9 heteroatoms. The molecule has 0 aromatic heterocycles. The minimum atomic E-state index is -4.73. The van der Waals surface area contributed by atoms with E-state index < -0.39 is 6.36 Å². The zero-order chi connectivity index (χ0) is 18.3. The predicted octanol–water partition coefficient (Wildman–Crippen LogP) is 3.69. The summed E-state index contributed by atoms with van der Waals surface area (Å²) in [6, 6.07) is 5.26. The maximum Gasteiger partial charge on any atom is 0.573 e. The largest absolute Gasteiger partial charge is 0.573 e. The molecule has 1 aromatic carbocycles. The van der Waals surface area contributed by atoms with Crippen molar-refractivity contribution in [2.45, 2.75) is 26.1 Å². The first-order chi connectivity index (χ1) is 11.9. The fourth-order valence-corrected chi connectivity index (χ4v) is 1.96. The molecule has 134 valence electrons. The number of hydrogen-bond acceptors (Lipinski definition) is 5. The van der Waals surface area contributed by atoms with Crippen LogP contribution in [0.15, 0.2) is 46.0 Å². The third kappa shape index (κ3) is 5.94. The average molecular weight is 353 g/mol. The van der Waals surface area contributed by atoms with Crippen molar-refractivity contribution in [2.24, 2.45) is 9.98 Å². The second kappa shape index (κ2) is 8.32. The van der Waals surface area contributed by atoms with E-state index in [0.29, 0.717) is 17.1 Å². The zero-order valence-electron chi connectivity index (χ0n) is 13.5. The van der Waals surface area contributed by atoms with Crippen molar-refractivity contribution >= 4 is 23.7 Å². The Morgan fingerprint density at radius 3 is 2.60 bits per heavy atom. The molecule has 0 amide bonds. The summed E-state index contributed by atoms with van der Waals surface area (Å²) in [7, 11) is 0. The van der Waals surface area contributed by atoms with Gasteiger partial charge in [-0.2, -0.15) is 0 Å². The van der Waals surface area contributed by atoms with Crippen molar-refractivity contribution in [1.82, 2.24) is 5.32 Å². The number of hydrogen-bond donors (Lipinski definition) is 3. The first-order valence-corrected chi connectivity index (χ1v) is 7.65. The van der Waals surface area contributed by atoms with Crippen molar-refractivity contribution in [2.75, 3.05) is 11.9 Å². The molecule has 0 saturated heterocycles. The molecule has 1 aromatic rings. The van der Waals surface area contributed by atoms with Crippen molar-refractivity contribution in [3.8, 4) is 5.75 Å². The van der Waals surface area contributed by atoms with E-state index in [1.54, 1.807) is 6.20 Å². The Morgan fingerprint density at radius 2 is 1.96 bits per heavy atom. The standard InChI is InChI=1S/C16H18F3N5O/c1-2-3-8-21-9-13-14(20)22-10-23-15(13)24-11-4-6-12(7-5-11)25-16(17,18)19/h4-7,9-10,21H,2-3,8H2,1H3,(H2,20,22,23,24)/b13-9+. The fourth-order valence-electron chi connectivity index (χ4n) is 1.96. The number of ether oxygens (including phenoxy) is 1.